The molecule has 346 valence electrons. The molecular weight excluding hydrogens is 743 g/mol. The Kier molecular flexibility index (Phi) is 45.2. The van der Waals surface area contributed by atoms with E-state index in [1.165, 1.54) is 116 Å². The number of hydrogen-bond acceptors (Lipinski definition) is 5. The number of hydrogen-bond donors (Lipinski definition) is 3. The van der Waals surface area contributed by atoms with Crippen LogP contribution in [0.15, 0.2) is 72.9 Å². The molecule has 0 bridgehead atoms. The van der Waals surface area contributed by atoms with Crippen molar-refractivity contribution >= 4 is 11.9 Å². The van der Waals surface area contributed by atoms with Crippen LogP contribution in [-0.4, -0.2) is 46.9 Å². The molecule has 0 spiro atoms. The van der Waals surface area contributed by atoms with Gasteiger partial charge in [-0.25, -0.2) is 0 Å². The number of ether oxygens (including phenoxy) is 1. The highest BCUT2D eigenvalue weighted by Gasteiger charge is 2.24. The zero-order chi connectivity index (χ0) is 43.8. The van der Waals surface area contributed by atoms with Gasteiger partial charge in [-0.1, -0.05) is 248 Å². The van der Waals surface area contributed by atoms with Crippen LogP contribution in [0.2, 0.25) is 0 Å². The van der Waals surface area contributed by atoms with Crippen molar-refractivity contribution in [2.75, 3.05) is 6.61 Å². The van der Waals surface area contributed by atoms with Crippen LogP contribution < -0.4 is 5.32 Å². The molecule has 3 N–H and O–H groups in total. The Morgan fingerprint density at radius 3 is 1.35 bits per heavy atom. The van der Waals surface area contributed by atoms with Gasteiger partial charge in [0.1, 0.15) is 6.10 Å². The lowest BCUT2D eigenvalue weighted by atomic mass is 10.0. The lowest BCUT2D eigenvalue weighted by molar-refractivity contribution is -0.151. The monoisotopic (exact) mass is 838 g/mol. The van der Waals surface area contributed by atoms with Crippen LogP contribution in [0.25, 0.3) is 0 Å². The molecule has 3 unspecified atom stereocenters. The fraction of sp³-hybridized carbons (Fsp3) is 0.741. The van der Waals surface area contributed by atoms with E-state index in [0.717, 1.165) is 70.6 Å². The summed E-state index contributed by atoms with van der Waals surface area (Å²) in [4.78, 5) is 26.1. The van der Waals surface area contributed by atoms with E-state index in [9.17, 15) is 19.8 Å². The highest BCUT2D eigenvalue weighted by atomic mass is 16.5. The second-order valence-electron chi connectivity index (χ2n) is 17.0. The fourth-order valence-corrected chi connectivity index (χ4v) is 7.40. The summed E-state index contributed by atoms with van der Waals surface area (Å²) in [5.74, 6) is -0.523. The first-order valence-corrected chi connectivity index (χ1v) is 25.2. The van der Waals surface area contributed by atoms with E-state index in [2.05, 4.69) is 50.4 Å². The molecule has 0 heterocycles. The van der Waals surface area contributed by atoms with Crippen molar-refractivity contribution in [1.82, 2.24) is 5.32 Å². The third kappa shape index (κ3) is 42.0. The van der Waals surface area contributed by atoms with E-state index in [1.54, 1.807) is 0 Å². The first kappa shape index (κ1) is 57.3. The summed E-state index contributed by atoms with van der Waals surface area (Å²) in [7, 11) is 0. The quantitative estimate of drug-likeness (QED) is 0.0323. The van der Waals surface area contributed by atoms with Crippen molar-refractivity contribution < 1.29 is 24.5 Å². The molecule has 0 fully saturated rings. The highest BCUT2D eigenvalue weighted by molar-refractivity contribution is 5.77. The van der Waals surface area contributed by atoms with Crippen LogP contribution in [0, 0.1) is 0 Å². The van der Waals surface area contributed by atoms with Gasteiger partial charge in [-0.2, -0.15) is 0 Å². The number of unbranched alkanes of at least 4 members (excludes halogenated alkanes) is 25. The zero-order valence-electron chi connectivity index (χ0n) is 39.3. The summed E-state index contributed by atoms with van der Waals surface area (Å²) in [6.07, 6.45) is 59.5. The van der Waals surface area contributed by atoms with Crippen LogP contribution >= 0.6 is 0 Å². The Labute approximate surface area is 371 Å². The number of amides is 1. The standard InChI is InChI=1S/C54H95NO5/c1-4-7-10-13-16-19-22-24-26-27-28-30-32-35-38-41-44-47-54(59)60-50(45-42-39-36-33-31-29-25-23-20-17-14-11-8-5-2)48-53(58)55-51(49-56)52(57)46-43-40-37-34-21-18-15-12-9-6-3/h7,10,13,16,19,22,24,26-28,30,32,50-52,56-57H,4-6,8-9,11-12,14-15,17-18,20-21,23,25,29,31,33-49H2,1-3H3,(H,55,58)/b10-7-,16-13+,22-19+,26-24-,28-27+,32-30+. The largest absolute Gasteiger partial charge is 0.462 e. The number of carbonyl (C=O) groups excluding carboxylic acids is 2. The number of carbonyl (C=O) groups is 2. The average molecular weight is 838 g/mol. The fourth-order valence-electron chi connectivity index (χ4n) is 7.40. The van der Waals surface area contributed by atoms with E-state index in [0.29, 0.717) is 19.3 Å². The number of aliphatic hydroxyl groups excluding tert-OH is 2. The maximum Gasteiger partial charge on any atom is 0.306 e. The summed E-state index contributed by atoms with van der Waals surface area (Å²) in [6, 6.07) is -0.711. The van der Waals surface area contributed by atoms with Crippen molar-refractivity contribution in [3.8, 4) is 0 Å². The third-order valence-electron chi connectivity index (χ3n) is 11.2. The number of esters is 1. The summed E-state index contributed by atoms with van der Waals surface area (Å²) in [5, 5.41) is 23.7. The number of rotatable bonds is 44. The van der Waals surface area contributed by atoms with Gasteiger partial charge < -0.3 is 20.3 Å². The van der Waals surface area contributed by atoms with Crippen molar-refractivity contribution in [1.29, 1.82) is 0 Å². The molecule has 0 aromatic carbocycles. The molecule has 0 saturated heterocycles. The molecule has 0 aromatic heterocycles. The number of allylic oxidation sites excluding steroid dienone is 12. The average Bonchev–Trinajstić information content (AvgIpc) is 3.24. The highest BCUT2D eigenvalue weighted by Crippen LogP contribution is 2.18. The number of nitrogens with one attached hydrogen (secondary N) is 1. The van der Waals surface area contributed by atoms with E-state index >= 15 is 0 Å². The molecule has 0 saturated carbocycles. The molecule has 0 aromatic rings. The summed E-state index contributed by atoms with van der Waals surface area (Å²) >= 11 is 0. The first-order valence-electron chi connectivity index (χ1n) is 25.2. The SMILES string of the molecule is CC\C=C/C=C/C=C/C=C\C=C\C=C\CCCCCC(=O)OC(CCCCCCCCCCCCCCCC)CC(=O)NC(CO)C(O)CCCCCCCCCCCC. The normalized spacial score (nSPS) is 13.9. The Hall–Kier alpha value is -2.70. The predicted octanol–water partition coefficient (Wildman–Crippen LogP) is 15.0. The van der Waals surface area contributed by atoms with Crippen LogP contribution in [-0.2, 0) is 14.3 Å². The number of aliphatic hydroxyl groups is 2. The van der Waals surface area contributed by atoms with E-state index < -0.39 is 18.2 Å². The minimum Gasteiger partial charge on any atom is -0.462 e. The van der Waals surface area contributed by atoms with Gasteiger partial charge in [-0.3, -0.25) is 9.59 Å². The molecular formula is C54H95NO5. The molecule has 3 atom stereocenters. The van der Waals surface area contributed by atoms with Gasteiger partial charge in [-0.05, 0) is 44.9 Å². The van der Waals surface area contributed by atoms with Gasteiger partial charge in [0, 0.05) is 6.42 Å². The maximum absolute atomic E-state index is 13.2. The van der Waals surface area contributed by atoms with E-state index in [4.69, 9.17) is 4.74 Å². The summed E-state index contributed by atoms with van der Waals surface area (Å²) in [5.41, 5.74) is 0. The predicted molar refractivity (Wildman–Crippen MR) is 259 cm³/mol. The second-order valence-corrected chi connectivity index (χ2v) is 17.0. The lowest BCUT2D eigenvalue weighted by Gasteiger charge is -2.24. The lowest BCUT2D eigenvalue weighted by Crippen LogP contribution is -2.46. The summed E-state index contributed by atoms with van der Waals surface area (Å²) < 4.78 is 5.91. The van der Waals surface area contributed by atoms with Gasteiger partial charge in [0.05, 0.1) is 25.2 Å². The first-order chi connectivity index (χ1) is 29.5. The van der Waals surface area contributed by atoms with Crippen LogP contribution in [0.5, 0.6) is 0 Å². The zero-order valence-corrected chi connectivity index (χ0v) is 39.3. The van der Waals surface area contributed by atoms with E-state index in [1.807, 2.05) is 48.6 Å². The van der Waals surface area contributed by atoms with Crippen molar-refractivity contribution in [2.45, 2.75) is 251 Å². The minimum atomic E-state index is -0.796. The topological polar surface area (TPSA) is 95.9 Å². The van der Waals surface area contributed by atoms with Crippen molar-refractivity contribution in [3.63, 3.8) is 0 Å². The Balaban J connectivity index is 4.68. The molecule has 0 aliphatic heterocycles. The van der Waals surface area contributed by atoms with Crippen molar-refractivity contribution in [2.24, 2.45) is 0 Å². The molecule has 6 nitrogen and oxygen atoms in total. The Morgan fingerprint density at radius 2 is 0.900 bits per heavy atom. The molecule has 0 aliphatic rings. The third-order valence-corrected chi connectivity index (χ3v) is 11.2. The molecule has 0 radical (unpaired) electrons. The molecule has 0 rings (SSSR count). The second kappa shape index (κ2) is 47.4. The maximum atomic E-state index is 13.2. The summed E-state index contributed by atoms with van der Waals surface area (Å²) in [6.45, 7) is 6.32. The van der Waals surface area contributed by atoms with Crippen molar-refractivity contribution in [3.05, 3.63) is 72.9 Å². The van der Waals surface area contributed by atoms with Gasteiger partial charge in [0.25, 0.3) is 0 Å². The van der Waals surface area contributed by atoms with Crippen LogP contribution in [0.3, 0.4) is 0 Å². The van der Waals surface area contributed by atoms with Gasteiger partial charge in [-0.15, -0.1) is 0 Å². The molecule has 1 amide bonds. The van der Waals surface area contributed by atoms with Gasteiger partial charge in [0.2, 0.25) is 5.91 Å². The van der Waals surface area contributed by atoms with E-state index in [-0.39, 0.29) is 24.9 Å². The Bertz CT molecular complexity index is 1120. The molecule has 6 heteroatoms. The molecule has 0 aliphatic carbocycles. The smallest absolute Gasteiger partial charge is 0.306 e. The van der Waals surface area contributed by atoms with Crippen LogP contribution in [0.1, 0.15) is 233 Å². The Morgan fingerprint density at radius 1 is 0.500 bits per heavy atom. The minimum absolute atomic E-state index is 0.0587. The van der Waals surface area contributed by atoms with Gasteiger partial charge in [0.15, 0.2) is 0 Å². The molecule has 60 heavy (non-hydrogen) atoms. The van der Waals surface area contributed by atoms with Crippen LogP contribution in [0.4, 0.5) is 0 Å². The van der Waals surface area contributed by atoms with Gasteiger partial charge >= 0.3 is 5.97 Å².